The van der Waals surface area contributed by atoms with E-state index in [1.54, 1.807) is 0 Å². The van der Waals surface area contributed by atoms with Crippen LogP contribution in [0.2, 0.25) is 0 Å². The van der Waals surface area contributed by atoms with Crippen molar-refractivity contribution in [2.24, 2.45) is 11.8 Å². The Hall–Kier alpha value is -0.180. The van der Waals surface area contributed by atoms with Crippen LogP contribution in [0.3, 0.4) is 0 Å². The van der Waals surface area contributed by atoms with Crippen molar-refractivity contribution in [3.63, 3.8) is 0 Å². The summed E-state index contributed by atoms with van der Waals surface area (Å²) in [7, 11) is 0. The van der Waals surface area contributed by atoms with Gasteiger partial charge in [0.1, 0.15) is 0 Å². The van der Waals surface area contributed by atoms with Gasteiger partial charge < -0.3 is 5.32 Å². The predicted molar refractivity (Wildman–Crippen MR) is 56.7 cm³/mol. The number of hydrogen-bond donors (Lipinski definition) is 1. The molecular weight excluding hydrogens is 184 g/mol. The van der Waals surface area contributed by atoms with E-state index in [4.69, 9.17) is 0 Å². The van der Waals surface area contributed by atoms with E-state index in [9.17, 15) is 8.78 Å². The number of alkyl halides is 2. The molecule has 0 amide bonds. The summed E-state index contributed by atoms with van der Waals surface area (Å²) < 4.78 is 25.0. The van der Waals surface area contributed by atoms with E-state index < -0.39 is 12.3 Å². The molecule has 1 nitrogen and oxygen atoms in total. The Kier molecular flexibility index (Phi) is 7.06. The summed E-state index contributed by atoms with van der Waals surface area (Å²) in [5.74, 6) is -0.122. The van der Waals surface area contributed by atoms with Crippen molar-refractivity contribution in [3.8, 4) is 0 Å². The third-order valence-corrected chi connectivity index (χ3v) is 2.60. The summed E-state index contributed by atoms with van der Waals surface area (Å²) in [5.41, 5.74) is 0. The molecule has 1 aliphatic rings. The van der Waals surface area contributed by atoms with Crippen molar-refractivity contribution in [3.05, 3.63) is 0 Å². The number of piperidine rings is 1. The lowest BCUT2D eigenvalue weighted by atomic mass is 9.84. The lowest BCUT2D eigenvalue weighted by Crippen LogP contribution is -2.47. The van der Waals surface area contributed by atoms with Gasteiger partial charge >= 0.3 is 0 Å². The number of hydrogen-bond acceptors (Lipinski definition) is 1. The first-order valence-electron chi connectivity index (χ1n) is 5.64. The molecule has 3 heteroatoms. The molecule has 0 radical (unpaired) electrons. The van der Waals surface area contributed by atoms with Gasteiger partial charge in [-0.1, -0.05) is 27.7 Å². The Morgan fingerprint density at radius 1 is 1.21 bits per heavy atom. The quantitative estimate of drug-likeness (QED) is 0.732. The third-order valence-electron chi connectivity index (χ3n) is 2.60. The van der Waals surface area contributed by atoms with E-state index in [1.807, 2.05) is 27.7 Å². The van der Waals surface area contributed by atoms with Crippen molar-refractivity contribution in [1.82, 2.24) is 5.32 Å². The van der Waals surface area contributed by atoms with Gasteiger partial charge in [0.25, 0.3) is 0 Å². The molecule has 1 rings (SSSR count). The molecule has 86 valence electrons. The molecule has 1 heterocycles. The monoisotopic (exact) mass is 207 g/mol. The highest BCUT2D eigenvalue weighted by molar-refractivity contribution is 4.84. The summed E-state index contributed by atoms with van der Waals surface area (Å²) in [6, 6.07) is 0.0127. The van der Waals surface area contributed by atoms with Gasteiger partial charge in [0.15, 0.2) is 0 Å². The van der Waals surface area contributed by atoms with E-state index >= 15 is 0 Å². The van der Waals surface area contributed by atoms with Crippen molar-refractivity contribution in [2.75, 3.05) is 6.54 Å². The topological polar surface area (TPSA) is 12.0 Å². The maximum Gasteiger partial charge on any atom is 0.242 e. The maximum absolute atomic E-state index is 12.5. The third kappa shape index (κ3) is 3.91. The summed E-state index contributed by atoms with van der Waals surface area (Å²) in [6.07, 6.45) is -0.601. The van der Waals surface area contributed by atoms with Crippen LogP contribution in [0, 0.1) is 11.8 Å². The van der Waals surface area contributed by atoms with Gasteiger partial charge in [-0.3, -0.25) is 0 Å². The average Bonchev–Trinajstić information content (AvgIpc) is 2.20. The van der Waals surface area contributed by atoms with E-state index in [1.165, 1.54) is 0 Å². The highest BCUT2D eigenvalue weighted by atomic mass is 19.3. The smallest absolute Gasteiger partial charge is 0.242 e. The Bertz CT molecular complexity index is 121. The molecule has 1 aliphatic heterocycles. The van der Waals surface area contributed by atoms with Crippen molar-refractivity contribution >= 4 is 0 Å². The maximum atomic E-state index is 12.5. The molecule has 1 N–H and O–H groups in total. The van der Waals surface area contributed by atoms with E-state index in [-0.39, 0.29) is 6.04 Å². The van der Waals surface area contributed by atoms with Crippen LogP contribution < -0.4 is 5.32 Å². The Balaban J connectivity index is 0.000000791. The first-order valence-corrected chi connectivity index (χ1v) is 5.64. The Labute approximate surface area is 86.3 Å². The second-order valence-corrected chi connectivity index (χ2v) is 3.86. The van der Waals surface area contributed by atoms with Crippen molar-refractivity contribution in [1.29, 1.82) is 0 Å². The summed E-state index contributed by atoms with van der Waals surface area (Å²) >= 11 is 0. The fraction of sp³-hybridized carbons (Fsp3) is 1.00. The SMILES string of the molecule is CC.CC(C)C1NCCCC1C(F)F. The molecule has 1 fully saturated rings. The minimum Gasteiger partial charge on any atom is -0.313 e. The van der Waals surface area contributed by atoms with Crippen LogP contribution in [0.15, 0.2) is 0 Å². The van der Waals surface area contributed by atoms with E-state index in [0.29, 0.717) is 12.3 Å². The number of halogens is 2. The summed E-state index contributed by atoms with van der Waals surface area (Å²) in [5, 5.41) is 3.17. The van der Waals surface area contributed by atoms with Crippen LogP contribution in [-0.4, -0.2) is 19.0 Å². The standard InChI is InChI=1S/C9H17F2N.C2H6/c1-6(2)8-7(9(10)11)4-3-5-12-8;1-2/h6-9,12H,3-5H2,1-2H3;1-2H3. The lowest BCUT2D eigenvalue weighted by molar-refractivity contribution is 0.0266. The van der Waals surface area contributed by atoms with Gasteiger partial charge in [0, 0.05) is 12.0 Å². The van der Waals surface area contributed by atoms with Crippen LogP contribution in [0.5, 0.6) is 0 Å². The second kappa shape index (κ2) is 7.16. The molecule has 0 bridgehead atoms. The van der Waals surface area contributed by atoms with Crippen LogP contribution in [0.25, 0.3) is 0 Å². The largest absolute Gasteiger partial charge is 0.313 e. The van der Waals surface area contributed by atoms with Crippen LogP contribution >= 0.6 is 0 Å². The highest BCUT2D eigenvalue weighted by Crippen LogP contribution is 2.27. The fourth-order valence-electron chi connectivity index (χ4n) is 1.95. The number of nitrogens with one attached hydrogen (secondary N) is 1. The van der Waals surface area contributed by atoms with E-state index in [2.05, 4.69) is 5.32 Å². The first kappa shape index (κ1) is 13.8. The average molecular weight is 207 g/mol. The van der Waals surface area contributed by atoms with Crippen LogP contribution in [-0.2, 0) is 0 Å². The van der Waals surface area contributed by atoms with Crippen LogP contribution in [0.4, 0.5) is 8.78 Å². The Morgan fingerprint density at radius 3 is 2.14 bits per heavy atom. The fourth-order valence-corrected chi connectivity index (χ4v) is 1.95. The molecule has 2 unspecified atom stereocenters. The minimum absolute atomic E-state index is 0.0127. The minimum atomic E-state index is -2.16. The Morgan fingerprint density at radius 2 is 1.79 bits per heavy atom. The molecule has 0 aromatic carbocycles. The zero-order valence-corrected chi connectivity index (χ0v) is 9.69. The second-order valence-electron chi connectivity index (χ2n) is 3.86. The summed E-state index contributed by atoms with van der Waals surface area (Å²) in [6.45, 7) is 8.89. The zero-order valence-electron chi connectivity index (χ0n) is 9.69. The molecule has 0 aliphatic carbocycles. The molecule has 14 heavy (non-hydrogen) atoms. The van der Waals surface area contributed by atoms with E-state index in [0.717, 1.165) is 13.0 Å². The first-order chi connectivity index (χ1) is 6.63. The van der Waals surface area contributed by atoms with Gasteiger partial charge in [0.2, 0.25) is 6.43 Å². The van der Waals surface area contributed by atoms with Crippen LogP contribution in [0.1, 0.15) is 40.5 Å². The molecule has 0 aromatic rings. The molecule has 0 saturated carbocycles. The predicted octanol–water partition coefficient (Wildman–Crippen LogP) is 3.30. The van der Waals surface area contributed by atoms with Gasteiger partial charge in [-0.2, -0.15) is 0 Å². The van der Waals surface area contributed by atoms with Crippen molar-refractivity contribution < 1.29 is 8.78 Å². The normalized spacial score (nSPS) is 27.4. The highest BCUT2D eigenvalue weighted by Gasteiger charge is 2.33. The van der Waals surface area contributed by atoms with Gasteiger partial charge in [-0.25, -0.2) is 8.78 Å². The van der Waals surface area contributed by atoms with Gasteiger partial charge in [-0.05, 0) is 25.3 Å². The molecule has 1 saturated heterocycles. The molecular formula is C11H23F2N. The molecule has 0 aromatic heterocycles. The lowest BCUT2D eigenvalue weighted by Gasteiger charge is -2.34. The zero-order chi connectivity index (χ0) is 11.1. The number of rotatable bonds is 2. The molecule has 0 spiro atoms. The van der Waals surface area contributed by atoms with Crippen molar-refractivity contribution in [2.45, 2.75) is 53.0 Å². The van der Waals surface area contributed by atoms with Gasteiger partial charge in [-0.15, -0.1) is 0 Å². The van der Waals surface area contributed by atoms with Gasteiger partial charge in [0.05, 0.1) is 0 Å². The summed E-state index contributed by atoms with van der Waals surface area (Å²) in [4.78, 5) is 0. The molecule has 2 atom stereocenters.